The summed E-state index contributed by atoms with van der Waals surface area (Å²) in [5.74, 6) is 1.24. The summed E-state index contributed by atoms with van der Waals surface area (Å²) in [5.41, 5.74) is 3.01. The summed E-state index contributed by atoms with van der Waals surface area (Å²) in [5, 5.41) is 10.7. The molecule has 1 N–H and O–H groups in total. The molecule has 1 fully saturated rings. The largest absolute Gasteiger partial charge is 0.507 e. The standard InChI is InChI=1S/C26H23N3O4/c30-22-7-6-19-25(32)23(10-16-3-2-8-27-11-16)33-26(19)20(22)15-28-12-17-9-18(14-28)21-4-1-5-24(31)29(21)13-17/h1-8,10-11,17-18,30H,9,12-15H2/b23-10-/t17-,18-/m0/s1. The Morgan fingerprint density at radius 1 is 1.09 bits per heavy atom. The molecule has 0 saturated carbocycles. The van der Waals surface area contributed by atoms with Gasteiger partial charge < -0.3 is 14.4 Å². The number of carbonyl (C=O) groups excluding carboxylic acids is 1. The van der Waals surface area contributed by atoms with Gasteiger partial charge in [-0.15, -0.1) is 0 Å². The number of Topliss-reactive ketones (excluding diaryl/α,β-unsaturated/α-hetero) is 1. The highest BCUT2D eigenvalue weighted by Crippen LogP contribution is 2.42. The molecule has 0 amide bonds. The molecule has 0 radical (unpaired) electrons. The number of pyridine rings is 2. The number of aromatic hydroxyl groups is 1. The minimum atomic E-state index is -0.195. The predicted octanol–water partition coefficient (Wildman–Crippen LogP) is 3.18. The van der Waals surface area contributed by atoms with Gasteiger partial charge in [0.2, 0.25) is 5.78 Å². The first-order valence-corrected chi connectivity index (χ1v) is 11.2. The Morgan fingerprint density at radius 2 is 2.00 bits per heavy atom. The van der Waals surface area contributed by atoms with E-state index in [2.05, 4.69) is 9.88 Å². The number of benzene rings is 1. The Balaban J connectivity index is 1.29. The molecule has 7 heteroatoms. The van der Waals surface area contributed by atoms with Gasteiger partial charge in [-0.3, -0.25) is 19.5 Å². The molecule has 3 aromatic rings. The van der Waals surface area contributed by atoms with Gasteiger partial charge in [-0.25, -0.2) is 0 Å². The van der Waals surface area contributed by atoms with Crippen molar-refractivity contribution < 1.29 is 14.6 Å². The number of carbonyl (C=O) groups is 1. The van der Waals surface area contributed by atoms with E-state index in [-0.39, 0.29) is 28.8 Å². The summed E-state index contributed by atoms with van der Waals surface area (Å²) in [6.45, 7) is 2.81. The van der Waals surface area contributed by atoms with Gasteiger partial charge in [-0.2, -0.15) is 0 Å². The third kappa shape index (κ3) is 3.45. The Labute approximate surface area is 190 Å². The monoisotopic (exact) mass is 441 g/mol. The van der Waals surface area contributed by atoms with E-state index in [1.807, 2.05) is 22.8 Å². The number of piperidine rings is 1. The van der Waals surface area contributed by atoms with Crippen LogP contribution in [0.15, 0.2) is 65.4 Å². The maximum absolute atomic E-state index is 12.9. The number of ether oxygens (including phenoxy) is 1. The molecule has 1 saturated heterocycles. The summed E-state index contributed by atoms with van der Waals surface area (Å²) in [6.07, 6.45) is 6.08. The van der Waals surface area contributed by atoms with Crippen LogP contribution in [-0.4, -0.2) is 38.4 Å². The van der Waals surface area contributed by atoms with Gasteiger partial charge >= 0.3 is 0 Å². The van der Waals surface area contributed by atoms with Crippen molar-refractivity contribution in [2.45, 2.75) is 25.4 Å². The Hall–Kier alpha value is -3.71. The Kier molecular flexibility index (Phi) is 4.66. The van der Waals surface area contributed by atoms with Crippen LogP contribution in [0, 0.1) is 5.92 Å². The van der Waals surface area contributed by atoms with Gasteiger partial charge in [-0.05, 0) is 48.2 Å². The van der Waals surface area contributed by atoms with Crippen LogP contribution < -0.4 is 10.3 Å². The number of phenolic OH excluding ortho intramolecular Hbond substituents is 1. The Morgan fingerprint density at radius 3 is 2.85 bits per heavy atom. The summed E-state index contributed by atoms with van der Waals surface area (Å²) >= 11 is 0. The van der Waals surface area contributed by atoms with E-state index >= 15 is 0 Å². The van der Waals surface area contributed by atoms with Gasteiger partial charge in [0.05, 0.1) is 11.1 Å². The summed E-state index contributed by atoms with van der Waals surface area (Å²) < 4.78 is 7.90. The number of nitrogens with zero attached hydrogens (tertiary/aromatic N) is 3. The van der Waals surface area contributed by atoms with Gasteiger partial charge in [0.1, 0.15) is 11.5 Å². The molecular formula is C26H23N3O4. The number of ketones is 1. The smallest absolute Gasteiger partial charge is 0.250 e. The first-order valence-electron chi connectivity index (χ1n) is 11.2. The fourth-order valence-electron chi connectivity index (χ4n) is 5.41. The minimum Gasteiger partial charge on any atom is -0.507 e. The zero-order valence-corrected chi connectivity index (χ0v) is 18.0. The van der Waals surface area contributed by atoms with E-state index in [0.717, 1.165) is 30.8 Å². The lowest BCUT2D eigenvalue weighted by Gasteiger charge is -2.42. The maximum Gasteiger partial charge on any atom is 0.250 e. The SMILES string of the molecule is O=C1/C(=C/c2cccnc2)Oc2c1ccc(O)c2CN1C[C@@H]2C[C@@H](C1)c1cccc(=O)n1C2. The van der Waals surface area contributed by atoms with Crippen LogP contribution in [-0.2, 0) is 13.1 Å². The number of allylic oxidation sites excluding steroid dienone is 1. The molecule has 2 atom stereocenters. The molecule has 7 nitrogen and oxygen atoms in total. The molecule has 0 aliphatic carbocycles. The topological polar surface area (TPSA) is 84.7 Å². The van der Waals surface area contributed by atoms with Crippen LogP contribution >= 0.6 is 0 Å². The fraction of sp³-hybridized carbons (Fsp3) is 0.269. The van der Waals surface area contributed by atoms with Crippen LogP contribution in [0.25, 0.3) is 6.08 Å². The van der Waals surface area contributed by atoms with Crippen LogP contribution in [0.5, 0.6) is 11.5 Å². The van der Waals surface area contributed by atoms with Crippen molar-refractivity contribution >= 4 is 11.9 Å². The highest BCUT2D eigenvalue weighted by Gasteiger charge is 2.36. The number of phenols is 1. The van der Waals surface area contributed by atoms with Gasteiger partial charge in [0.15, 0.2) is 5.76 Å². The lowest BCUT2D eigenvalue weighted by Crippen LogP contribution is -2.46. The van der Waals surface area contributed by atoms with Crippen molar-refractivity contribution in [1.82, 2.24) is 14.5 Å². The van der Waals surface area contributed by atoms with Crippen molar-refractivity contribution in [2.75, 3.05) is 13.1 Å². The molecule has 3 aliphatic heterocycles. The van der Waals surface area contributed by atoms with Gasteiger partial charge in [0.25, 0.3) is 5.56 Å². The first-order chi connectivity index (χ1) is 16.1. The summed E-state index contributed by atoms with van der Waals surface area (Å²) in [6, 6.07) is 12.3. The third-order valence-electron chi connectivity index (χ3n) is 6.84. The number of fused-ring (bicyclic) bond motifs is 5. The van der Waals surface area contributed by atoms with E-state index < -0.39 is 0 Å². The molecule has 2 aromatic heterocycles. The van der Waals surface area contributed by atoms with Crippen molar-refractivity contribution in [2.24, 2.45) is 5.92 Å². The van der Waals surface area contributed by atoms with E-state index in [9.17, 15) is 14.7 Å². The highest BCUT2D eigenvalue weighted by molar-refractivity contribution is 6.14. The van der Waals surface area contributed by atoms with Crippen LogP contribution in [0.4, 0.5) is 0 Å². The number of likely N-dealkylation sites (tertiary alicyclic amines) is 1. The van der Waals surface area contributed by atoms with E-state index in [1.165, 1.54) is 0 Å². The maximum atomic E-state index is 12.9. The van der Waals surface area contributed by atoms with Crippen molar-refractivity contribution in [3.63, 3.8) is 0 Å². The second-order valence-electron chi connectivity index (χ2n) is 9.06. The van der Waals surface area contributed by atoms with E-state index in [0.29, 0.717) is 35.9 Å². The number of aromatic nitrogens is 2. The molecule has 166 valence electrons. The molecule has 0 spiro atoms. The molecule has 33 heavy (non-hydrogen) atoms. The number of hydrogen-bond donors (Lipinski definition) is 1. The fourth-order valence-corrected chi connectivity index (χ4v) is 5.41. The molecule has 1 aromatic carbocycles. The molecule has 6 rings (SSSR count). The quantitative estimate of drug-likeness (QED) is 0.629. The normalized spacial score (nSPS) is 22.7. The van der Waals surface area contributed by atoms with Crippen LogP contribution in [0.2, 0.25) is 0 Å². The number of hydrogen-bond acceptors (Lipinski definition) is 6. The minimum absolute atomic E-state index is 0.0639. The second-order valence-corrected chi connectivity index (χ2v) is 9.06. The summed E-state index contributed by atoms with van der Waals surface area (Å²) in [7, 11) is 0. The molecule has 3 aliphatic rings. The van der Waals surface area contributed by atoms with E-state index in [4.69, 9.17) is 4.74 Å². The first kappa shape index (κ1) is 19.9. The van der Waals surface area contributed by atoms with Gasteiger partial charge in [-0.1, -0.05) is 12.1 Å². The molecule has 0 unspecified atom stereocenters. The third-order valence-corrected chi connectivity index (χ3v) is 6.84. The van der Waals surface area contributed by atoms with Crippen molar-refractivity contribution in [1.29, 1.82) is 0 Å². The molecule has 5 heterocycles. The molecule has 2 bridgehead atoms. The van der Waals surface area contributed by atoms with Crippen molar-refractivity contribution in [3.8, 4) is 11.5 Å². The zero-order valence-electron chi connectivity index (χ0n) is 18.0. The lowest BCUT2D eigenvalue weighted by molar-refractivity contribution is 0.101. The van der Waals surface area contributed by atoms with Gasteiger partial charge in [0, 0.05) is 56.3 Å². The number of rotatable bonds is 3. The lowest BCUT2D eigenvalue weighted by atomic mass is 9.83. The predicted molar refractivity (Wildman–Crippen MR) is 122 cm³/mol. The average molecular weight is 441 g/mol. The summed E-state index contributed by atoms with van der Waals surface area (Å²) in [4.78, 5) is 31.6. The highest BCUT2D eigenvalue weighted by atomic mass is 16.5. The van der Waals surface area contributed by atoms with Crippen LogP contribution in [0.1, 0.15) is 39.5 Å². The Bertz CT molecular complexity index is 1350. The second kappa shape index (κ2) is 7.71. The van der Waals surface area contributed by atoms with Crippen molar-refractivity contribution in [3.05, 3.63) is 93.4 Å². The van der Waals surface area contributed by atoms with Crippen LogP contribution in [0.3, 0.4) is 0 Å². The molecular weight excluding hydrogens is 418 g/mol. The zero-order chi connectivity index (χ0) is 22.5. The van der Waals surface area contributed by atoms with E-state index in [1.54, 1.807) is 42.7 Å². The average Bonchev–Trinajstić information content (AvgIpc) is 3.12.